The monoisotopic (exact) mass is 349 g/mol. The Morgan fingerprint density at radius 2 is 2.00 bits per heavy atom. The Hall–Kier alpha value is -0.430. The maximum absolute atomic E-state index is 12.3. The molecular weight excluding hydrogens is 330 g/mol. The highest BCUT2D eigenvalue weighted by Gasteiger charge is 2.22. The first-order valence-electron chi connectivity index (χ1n) is 6.23. The molecule has 0 spiro atoms. The van der Waals surface area contributed by atoms with Crippen molar-refractivity contribution in [1.29, 1.82) is 0 Å². The number of rotatable bonds is 6. The molecule has 0 aliphatic heterocycles. The van der Waals surface area contributed by atoms with Crippen LogP contribution in [0.1, 0.15) is 32.8 Å². The average Bonchev–Trinajstić information content (AvgIpc) is 2.36. The molecule has 6 heteroatoms. The van der Waals surface area contributed by atoms with Gasteiger partial charge in [-0.3, -0.25) is 0 Å². The molecule has 2 N–H and O–H groups in total. The molecule has 0 bridgehead atoms. The van der Waals surface area contributed by atoms with Crippen molar-refractivity contribution >= 4 is 26.0 Å². The summed E-state index contributed by atoms with van der Waals surface area (Å²) in [5.74, 6) is 0.269. The molecule has 1 aromatic rings. The maximum atomic E-state index is 12.3. The van der Waals surface area contributed by atoms with Gasteiger partial charge in [0.05, 0.1) is 11.5 Å². The molecule has 0 aliphatic carbocycles. The molecule has 0 heterocycles. The Morgan fingerprint density at radius 1 is 1.37 bits per heavy atom. The summed E-state index contributed by atoms with van der Waals surface area (Å²) in [6, 6.07) is 4.59. The summed E-state index contributed by atoms with van der Waals surface area (Å²) in [6.07, 6.45) is 0.911. The number of halogens is 1. The van der Waals surface area contributed by atoms with Crippen molar-refractivity contribution < 1.29 is 13.5 Å². The zero-order chi connectivity index (χ0) is 14.6. The Balaban J connectivity index is 3.01. The summed E-state index contributed by atoms with van der Waals surface area (Å²) in [5, 5.41) is 9.02. The van der Waals surface area contributed by atoms with E-state index in [1.165, 1.54) is 6.07 Å². The van der Waals surface area contributed by atoms with Crippen LogP contribution in [-0.2, 0) is 16.6 Å². The quantitative estimate of drug-likeness (QED) is 0.829. The number of aliphatic hydroxyl groups excluding tert-OH is 1. The molecule has 19 heavy (non-hydrogen) atoms. The number of nitrogens with one attached hydrogen (secondary N) is 1. The van der Waals surface area contributed by atoms with Crippen LogP contribution in [0, 0.1) is 5.92 Å². The van der Waals surface area contributed by atoms with Gasteiger partial charge in [0, 0.05) is 10.5 Å². The lowest BCUT2D eigenvalue weighted by Crippen LogP contribution is -2.37. The van der Waals surface area contributed by atoms with E-state index in [0.717, 1.165) is 6.42 Å². The third kappa shape index (κ3) is 4.27. The minimum absolute atomic E-state index is 0.115. The molecule has 0 radical (unpaired) electrons. The molecule has 1 aromatic carbocycles. The van der Waals surface area contributed by atoms with Gasteiger partial charge in [0.15, 0.2) is 0 Å². The summed E-state index contributed by atoms with van der Waals surface area (Å²) in [6.45, 7) is 5.79. The van der Waals surface area contributed by atoms with E-state index in [4.69, 9.17) is 5.11 Å². The number of benzene rings is 1. The highest BCUT2D eigenvalue weighted by molar-refractivity contribution is 9.10. The number of hydrogen-bond donors (Lipinski definition) is 2. The minimum Gasteiger partial charge on any atom is -0.392 e. The lowest BCUT2D eigenvalue weighted by Gasteiger charge is -2.20. The Kier molecular flexibility index (Phi) is 5.98. The summed E-state index contributed by atoms with van der Waals surface area (Å²) >= 11 is 3.24. The molecule has 0 saturated carbocycles. The molecule has 0 aliphatic rings. The number of hydrogen-bond acceptors (Lipinski definition) is 3. The molecular formula is C13H20BrNO3S. The summed E-state index contributed by atoms with van der Waals surface area (Å²) < 4.78 is 27.7. The normalized spacial score (nSPS) is 15.2. The van der Waals surface area contributed by atoms with Crippen LogP contribution >= 0.6 is 15.9 Å². The van der Waals surface area contributed by atoms with Gasteiger partial charge < -0.3 is 5.11 Å². The van der Waals surface area contributed by atoms with Crippen molar-refractivity contribution in [2.45, 2.75) is 44.7 Å². The van der Waals surface area contributed by atoms with E-state index in [-0.39, 0.29) is 23.5 Å². The van der Waals surface area contributed by atoms with E-state index >= 15 is 0 Å². The van der Waals surface area contributed by atoms with Gasteiger partial charge in [-0.1, -0.05) is 26.3 Å². The Morgan fingerprint density at radius 3 is 2.47 bits per heavy atom. The molecule has 0 aromatic heterocycles. The largest absolute Gasteiger partial charge is 0.392 e. The lowest BCUT2D eigenvalue weighted by atomic mass is 10.0. The van der Waals surface area contributed by atoms with Crippen LogP contribution in [0.25, 0.3) is 0 Å². The lowest BCUT2D eigenvalue weighted by molar-refractivity contribution is 0.281. The van der Waals surface area contributed by atoms with Crippen LogP contribution < -0.4 is 4.72 Å². The van der Waals surface area contributed by atoms with Crippen LogP contribution in [0.5, 0.6) is 0 Å². The molecule has 0 saturated heterocycles. The fourth-order valence-electron chi connectivity index (χ4n) is 1.64. The van der Waals surface area contributed by atoms with Gasteiger partial charge in [-0.25, -0.2) is 13.1 Å². The van der Waals surface area contributed by atoms with Crippen molar-refractivity contribution in [1.82, 2.24) is 4.72 Å². The second kappa shape index (κ2) is 6.83. The smallest absolute Gasteiger partial charge is 0.241 e. The predicted octanol–water partition coefficient (Wildman–Crippen LogP) is 2.65. The first-order valence-corrected chi connectivity index (χ1v) is 8.51. The van der Waals surface area contributed by atoms with Crippen molar-refractivity contribution in [3.05, 3.63) is 28.2 Å². The third-order valence-electron chi connectivity index (χ3n) is 3.31. The molecule has 2 unspecified atom stereocenters. The topological polar surface area (TPSA) is 66.4 Å². The molecule has 0 amide bonds. The second-order valence-corrected chi connectivity index (χ2v) is 7.26. The number of aliphatic hydroxyl groups is 1. The summed E-state index contributed by atoms with van der Waals surface area (Å²) in [5.41, 5.74) is 0.667. The molecule has 1 rings (SSSR count). The summed E-state index contributed by atoms with van der Waals surface area (Å²) in [4.78, 5) is 0.194. The van der Waals surface area contributed by atoms with Crippen molar-refractivity contribution in [3.8, 4) is 0 Å². The van der Waals surface area contributed by atoms with Crippen molar-refractivity contribution in [3.63, 3.8) is 0 Å². The highest BCUT2D eigenvalue weighted by atomic mass is 79.9. The second-order valence-electron chi connectivity index (χ2n) is 4.72. The van der Waals surface area contributed by atoms with E-state index in [2.05, 4.69) is 20.7 Å². The van der Waals surface area contributed by atoms with Gasteiger partial charge in [-0.05, 0) is 46.5 Å². The zero-order valence-electron chi connectivity index (χ0n) is 11.4. The Labute approximate surface area is 123 Å². The van der Waals surface area contributed by atoms with E-state index in [1.807, 2.05) is 20.8 Å². The highest BCUT2D eigenvalue weighted by Crippen LogP contribution is 2.24. The van der Waals surface area contributed by atoms with Gasteiger partial charge in [-0.2, -0.15) is 0 Å². The van der Waals surface area contributed by atoms with Crippen molar-refractivity contribution in [2.75, 3.05) is 0 Å². The van der Waals surface area contributed by atoms with E-state index in [9.17, 15) is 8.42 Å². The van der Waals surface area contributed by atoms with E-state index in [1.54, 1.807) is 12.1 Å². The van der Waals surface area contributed by atoms with Gasteiger partial charge in [-0.15, -0.1) is 0 Å². The van der Waals surface area contributed by atoms with Gasteiger partial charge in [0.25, 0.3) is 0 Å². The molecule has 0 fully saturated rings. The standard InChI is InChI=1S/C13H20BrNO3S/c1-4-9(2)10(3)15-19(17,18)13-6-5-11(8-16)7-12(13)14/h5-7,9-10,15-16H,4,8H2,1-3H3. The van der Waals surface area contributed by atoms with E-state index in [0.29, 0.717) is 10.0 Å². The van der Waals surface area contributed by atoms with Gasteiger partial charge in [0.1, 0.15) is 0 Å². The number of sulfonamides is 1. The van der Waals surface area contributed by atoms with Gasteiger partial charge in [0.2, 0.25) is 10.0 Å². The first-order chi connectivity index (χ1) is 8.81. The van der Waals surface area contributed by atoms with Crippen LogP contribution in [0.15, 0.2) is 27.6 Å². The SMILES string of the molecule is CCC(C)C(C)NS(=O)(=O)c1ccc(CO)cc1Br. The van der Waals surface area contributed by atoms with Crippen LogP contribution in [0.2, 0.25) is 0 Å². The molecule has 108 valence electrons. The van der Waals surface area contributed by atoms with Crippen LogP contribution in [0.3, 0.4) is 0 Å². The Bertz CT molecular complexity index is 531. The molecule has 4 nitrogen and oxygen atoms in total. The maximum Gasteiger partial charge on any atom is 0.241 e. The van der Waals surface area contributed by atoms with Crippen molar-refractivity contribution in [2.24, 2.45) is 5.92 Å². The minimum atomic E-state index is -3.55. The third-order valence-corrected chi connectivity index (χ3v) is 5.84. The first kappa shape index (κ1) is 16.6. The summed E-state index contributed by atoms with van der Waals surface area (Å²) in [7, 11) is -3.55. The average molecular weight is 350 g/mol. The van der Waals surface area contributed by atoms with Crippen LogP contribution in [-0.4, -0.2) is 19.6 Å². The predicted molar refractivity (Wildman–Crippen MR) is 79.3 cm³/mol. The van der Waals surface area contributed by atoms with Gasteiger partial charge >= 0.3 is 0 Å². The van der Waals surface area contributed by atoms with Crippen LogP contribution in [0.4, 0.5) is 0 Å². The molecule has 2 atom stereocenters. The fourth-order valence-corrected chi connectivity index (χ4v) is 4.12. The van der Waals surface area contributed by atoms with E-state index < -0.39 is 10.0 Å². The fraction of sp³-hybridized carbons (Fsp3) is 0.538. The zero-order valence-corrected chi connectivity index (χ0v) is 13.8.